The van der Waals surface area contributed by atoms with Crippen LogP contribution in [0.1, 0.15) is 38.9 Å². The van der Waals surface area contributed by atoms with E-state index >= 15 is 0 Å². The zero-order valence-corrected chi connectivity index (χ0v) is 13.3. The van der Waals surface area contributed by atoms with Gasteiger partial charge in [0.2, 0.25) is 5.91 Å². The Hall–Kier alpha value is -1.47. The number of morpholine rings is 1. The summed E-state index contributed by atoms with van der Waals surface area (Å²) >= 11 is 0. The lowest BCUT2D eigenvalue weighted by molar-refractivity contribution is -0.232. The summed E-state index contributed by atoms with van der Waals surface area (Å²) in [7, 11) is 0. The number of hydrogen-bond donors (Lipinski definition) is 1. The first kappa shape index (κ1) is 15.4. The maximum Gasteiger partial charge on any atom is 0.223 e. The van der Waals surface area contributed by atoms with Gasteiger partial charge in [0.15, 0.2) is 0 Å². The number of carbonyl (C=O) groups is 1. The van der Waals surface area contributed by atoms with Crippen molar-refractivity contribution in [3.63, 3.8) is 0 Å². The fourth-order valence-corrected chi connectivity index (χ4v) is 3.46. The number of hydrogen-bond acceptors (Lipinski definition) is 5. The number of aryl methyl sites for hydroxylation is 1. The summed E-state index contributed by atoms with van der Waals surface area (Å²) in [5, 5.41) is 6.60. The van der Waals surface area contributed by atoms with E-state index in [9.17, 15) is 4.79 Å². The lowest BCUT2D eigenvalue weighted by Crippen LogP contribution is -2.63. The Balaban J connectivity index is 1.65. The molecule has 2 aliphatic rings. The minimum Gasteiger partial charge on any atom is -0.378 e. The normalized spacial score (nSPS) is 28.0. The minimum atomic E-state index is -0.346. The van der Waals surface area contributed by atoms with E-state index in [4.69, 9.17) is 9.47 Å². The van der Waals surface area contributed by atoms with Gasteiger partial charge in [0.25, 0.3) is 0 Å². The number of carbonyl (C=O) groups excluding carboxylic acids is 1. The molecular weight excluding hydrogens is 284 g/mol. The van der Waals surface area contributed by atoms with Crippen molar-refractivity contribution in [1.29, 1.82) is 0 Å². The van der Waals surface area contributed by atoms with Crippen LogP contribution in [0.25, 0.3) is 0 Å². The molecule has 122 valence electrons. The Morgan fingerprint density at radius 1 is 1.45 bits per heavy atom. The number of rotatable bonds is 3. The molecule has 3 heterocycles. The second-order valence-electron chi connectivity index (χ2n) is 6.88. The van der Waals surface area contributed by atoms with Gasteiger partial charge in [0.05, 0.1) is 18.8 Å². The molecule has 1 N–H and O–H groups in total. The van der Waals surface area contributed by atoms with E-state index in [0.717, 1.165) is 25.3 Å². The monoisotopic (exact) mass is 308 g/mol. The van der Waals surface area contributed by atoms with E-state index in [-0.39, 0.29) is 17.1 Å². The van der Waals surface area contributed by atoms with Gasteiger partial charge in [-0.3, -0.25) is 9.89 Å². The van der Waals surface area contributed by atoms with Crippen LogP contribution < -0.4 is 0 Å². The second kappa shape index (κ2) is 5.96. The van der Waals surface area contributed by atoms with Crippen molar-refractivity contribution in [3.8, 4) is 0 Å². The molecule has 1 unspecified atom stereocenters. The summed E-state index contributed by atoms with van der Waals surface area (Å²) in [4.78, 5) is 18.6. The van der Waals surface area contributed by atoms with E-state index < -0.39 is 0 Å². The Bertz CT molecular complexity index is 509. The van der Waals surface area contributed by atoms with Crippen molar-refractivity contribution in [2.45, 2.75) is 50.7 Å². The molecule has 2 fully saturated rings. The van der Waals surface area contributed by atoms with Gasteiger partial charge in [-0.05, 0) is 26.7 Å². The maximum absolute atomic E-state index is 12.6. The van der Waals surface area contributed by atoms with E-state index in [2.05, 4.69) is 15.2 Å². The van der Waals surface area contributed by atoms with Gasteiger partial charge in [-0.25, -0.2) is 4.98 Å². The summed E-state index contributed by atoms with van der Waals surface area (Å²) in [5.41, 5.74) is -0.692. The Labute approximate surface area is 130 Å². The zero-order chi connectivity index (χ0) is 15.6. The molecule has 2 aliphatic heterocycles. The lowest BCUT2D eigenvalue weighted by Gasteiger charge is -2.51. The van der Waals surface area contributed by atoms with Crippen LogP contribution in [0.15, 0.2) is 6.33 Å². The quantitative estimate of drug-likeness (QED) is 0.898. The molecule has 1 aromatic heterocycles. The van der Waals surface area contributed by atoms with Gasteiger partial charge in [0, 0.05) is 26.0 Å². The topological polar surface area (TPSA) is 80.3 Å². The molecule has 0 aromatic carbocycles. The number of nitrogens with one attached hydrogen (secondary N) is 1. The number of amides is 1. The third-order valence-corrected chi connectivity index (χ3v) is 4.22. The predicted octanol–water partition coefficient (Wildman–Crippen LogP) is 0.924. The second-order valence-corrected chi connectivity index (χ2v) is 6.88. The summed E-state index contributed by atoms with van der Waals surface area (Å²) in [5.74, 6) is 0.884. The van der Waals surface area contributed by atoms with Crippen molar-refractivity contribution in [2.75, 3.05) is 26.3 Å². The molecule has 0 saturated carbocycles. The summed E-state index contributed by atoms with van der Waals surface area (Å²) in [6, 6.07) is 0. The number of aromatic nitrogens is 3. The van der Waals surface area contributed by atoms with Gasteiger partial charge in [0.1, 0.15) is 17.8 Å². The van der Waals surface area contributed by atoms with Gasteiger partial charge >= 0.3 is 0 Å². The minimum absolute atomic E-state index is 0.137. The number of aromatic amines is 1. The first-order valence-corrected chi connectivity index (χ1v) is 7.88. The summed E-state index contributed by atoms with van der Waals surface area (Å²) in [6.45, 7) is 6.67. The van der Waals surface area contributed by atoms with Crippen molar-refractivity contribution in [2.24, 2.45) is 0 Å². The molecule has 0 radical (unpaired) electrons. The fraction of sp³-hybridized carbons (Fsp3) is 0.800. The van der Waals surface area contributed by atoms with Gasteiger partial charge in [-0.1, -0.05) is 0 Å². The van der Waals surface area contributed by atoms with Crippen LogP contribution in [0.2, 0.25) is 0 Å². The Morgan fingerprint density at radius 2 is 2.32 bits per heavy atom. The molecule has 7 nitrogen and oxygen atoms in total. The molecule has 1 atom stereocenters. The molecule has 0 aliphatic carbocycles. The zero-order valence-electron chi connectivity index (χ0n) is 13.3. The van der Waals surface area contributed by atoms with Crippen molar-refractivity contribution in [3.05, 3.63) is 12.2 Å². The molecule has 7 heteroatoms. The lowest BCUT2D eigenvalue weighted by atomic mass is 9.90. The Kier molecular flexibility index (Phi) is 4.18. The third-order valence-electron chi connectivity index (χ3n) is 4.22. The highest BCUT2D eigenvalue weighted by Gasteiger charge is 2.46. The highest BCUT2D eigenvalue weighted by molar-refractivity contribution is 5.76. The van der Waals surface area contributed by atoms with Crippen LogP contribution in [0.5, 0.6) is 0 Å². The van der Waals surface area contributed by atoms with Crippen molar-refractivity contribution < 1.29 is 14.3 Å². The molecule has 2 saturated heterocycles. The molecule has 3 rings (SSSR count). The maximum atomic E-state index is 12.6. The number of nitrogens with zero attached hydrogens (tertiary/aromatic N) is 3. The number of H-pyrrole nitrogens is 1. The van der Waals surface area contributed by atoms with E-state index in [0.29, 0.717) is 32.5 Å². The van der Waals surface area contributed by atoms with E-state index in [1.54, 1.807) is 0 Å². The molecule has 22 heavy (non-hydrogen) atoms. The summed E-state index contributed by atoms with van der Waals surface area (Å²) in [6.07, 6.45) is 4.41. The molecule has 0 bridgehead atoms. The van der Waals surface area contributed by atoms with E-state index in [1.807, 2.05) is 18.7 Å². The first-order valence-electron chi connectivity index (χ1n) is 7.88. The summed E-state index contributed by atoms with van der Waals surface area (Å²) < 4.78 is 11.9. The van der Waals surface area contributed by atoms with Gasteiger partial charge in [-0.15, -0.1) is 0 Å². The van der Waals surface area contributed by atoms with Crippen LogP contribution in [0.4, 0.5) is 0 Å². The molecular formula is C15H24N4O3. The largest absolute Gasteiger partial charge is 0.378 e. The predicted molar refractivity (Wildman–Crippen MR) is 79.2 cm³/mol. The average molecular weight is 308 g/mol. The van der Waals surface area contributed by atoms with Crippen molar-refractivity contribution >= 4 is 5.91 Å². The van der Waals surface area contributed by atoms with Crippen LogP contribution >= 0.6 is 0 Å². The third kappa shape index (κ3) is 3.47. The SMILES string of the molecule is CC1(C)CN(C(=O)CCc2ncn[nH]2)CC2(CCCOC2)O1. The number of ether oxygens (including phenoxy) is 2. The average Bonchev–Trinajstić information content (AvgIpc) is 2.97. The van der Waals surface area contributed by atoms with Crippen molar-refractivity contribution in [1.82, 2.24) is 20.1 Å². The van der Waals surface area contributed by atoms with Crippen LogP contribution in [-0.2, 0) is 20.7 Å². The molecule has 1 spiro atoms. The molecule has 1 amide bonds. The molecule has 1 aromatic rings. The Morgan fingerprint density at radius 3 is 3.00 bits per heavy atom. The highest BCUT2D eigenvalue weighted by Crippen LogP contribution is 2.34. The smallest absolute Gasteiger partial charge is 0.223 e. The highest BCUT2D eigenvalue weighted by atomic mass is 16.6. The van der Waals surface area contributed by atoms with Crippen LogP contribution in [-0.4, -0.2) is 63.5 Å². The van der Waals surface area contributed by atoms with E-state index in [1.165, 1.54) is 6.33 Å². The fourth-order valence-electron chi connectivity index (χ4n) is 3.46. The van der Waals surface area contributed by atoms with Crippen LogP contribution in [0, 0.1) is 0 Å². The van der Waals surface area contributed by atoms with Gasteiger partial charge < -0.3 is 14.4 Å². The van der Waals surface area contributed by atoms with Gasteiger partial charge in [-0.2, -0.15) is 5.10 Å². The van der Waals surface area contributed by atoms with Crippen LogP contribution in [0.3, 0.4) is 0 Å². The standard InChI is InChI=1S/C15H24N4O3/c1-14(2)8-19(9-15(22-14)6-3-7-21-10-15)13(20)5-4-12-16-11-17-18-12/h11H,3-10H2,1-2H3,(H,16,17,18). The first-order chi connectivity index (χ1) is 10.5.